The van der Waals surface area contributed by atoms with Gasteiger partial charge >= 0.3 is 5.97 Å². The van der Waals surface area contributed by atoms with Crippen molar-refractivity contribution in [2.45, 2.75) is 24.8 Å². The van der Waals surface area contributed by atoms with Crippen LogP contribution in [0, 0.1) is 17.8 Å². The average molecular weight is 181 g/mol. The Balaban J connectivity index is 2.09. The second kappa shape index (κ2) is 1.89. The number of aliphatic carboxylic acids is 1. The lowest BCUT2D eigenvalue weighted by Crippen LogP contribution is -2.50. The van der Waals surface area contributed by atoms with Crippen molar-refractivity contribution in [2.24, 2.45) is 17.8 Å². The molecule has 2 N–H and O–H groups in total. The van der Waals surface area contributed by atoms with Gasteiger partial charge in [-0.2, -0.15) is 0 Å². The number of fused-ring (bicyclic) bond motifs is 1. The van der Waals surface area contributed by atoms with E-state index >= 15 is 0 Å². The first kappa shape index (κ1) is 7.35. The Labute approximate surface area is 75.3 Å². The van der Waals surface area contributed by atoms with Crippen LogP contribution in [0.5, 0.6) is 0 Å². The third-order valence-electron chi connectivity index (χ3n) is 3.97. The van der Waals surface area contributed by atoms with Crippen LogP contribution in [-0.4, -0.2) is 22.5 Å². The van der Waals surface area contributed by atoms with E-state index in [9.17, 15) is 9.59 Å². The van der Waals surface area contributed by atoms with Crippen LogP contribution in [0.15, 0.2) is 0 Å². The molecule has 2 bridgehead atoms. The largest absolute Gasteiger partial charge is 0.479 e. The van der Waals surface area contributed by atoms with E-state index in [1.165, 1.54) is 0 Å². The number of amides is 1. The van der Waals surface area contributed by atoms with Crippen LogP contribution in [0.1, 0.15) is 19.3 Å². The lowest BCUT2D eigenvalue weighted by molar-refractivity contribution is -0.146. The topological polar surface area (TPSA) is 66.4 Å². The molecule has 13 heavy (non-hydrogen) atoms. The average Bonchev–Trinajstić information content (AvgIpc) is 2.61. The van der Waals surface area contributed by atoms with E-state index in [1.54, 1.807) is 0 Å². The summed E-state index contributed by atoms with van der Waals surface area (Å²) in [4.78, 5) is 22.5. The van der Waals surface area contributed by atoms with Crippen molar-refractivity contribution in [1.29, 1.82) is 0 Å². The second-order valence-corrected chi connectivity index (χ2v) is 4.52. The van der Waals surface area contributed by atoms with Gasteiger partial charge in [-0.3, -0.25) is 4.79 Å². The summed E-state index contributed by atoms with van der Waals surface area (Å²) in [6.07, 6.45) is 2.48. The highest BCUT2D eigenvalue weighted by Crippen LogP contribution is 2.57. The van der Waals surface area contributed by atoms with Crippen LogP contribution in [-0.2, 0) is 9.59 Å². The highest BCUT2D eigenvalue weighted by Gasteiger charge is 2.66. The highest BCUT2D eigenvalue weighted by atomic mass is 16.4. The number of carboxylic acid groups (broad SMARTS) is 1. The fraction of sp³-hybridized carbons (Fsp3) is 0.778. The van der Waals surface area contributed by atoms with E-state index in [0.29, 0.717) is 12.3 Å². The summed E-state index contributed by atoms with van der Waals surface area (Å²) in [6.45, 7) is 0. The van der Waals surface area contributed by atoms with Gasteiger partial charge in [-0.15, -0.1) is 0 Å². The minimum atomic E-state index is -0.884. The second-order valence-electron chi connectivity index (χ2n) is 4.52. The van der Waals surface area contributed by atoms with Crippen LogP contribution >= 0.6 is 0 Å². The van der Waals surface area contributed by atoms with Gasteiger partial charge in [0.15, 0.2) is 0 Å². The van der Waals surface area contributed by atoms with Gasteiger partial charge in [0.1, 0.15) is 5.54 Å². The quantitative estimate of drug-likeness (QED) is 0.597. The van der Waals surface area contributed by atoms with Crippen molar-refractivity contribution in [1.82, 2.24) is 5.32 Å². The number of rotatable bonds is 1. The van der Waals surface area contributed by atoms with Crippen molar-refractivity contribution in [3.63, 3.8) is 0 Å². The Morgan fingerprint density at radius 2 is 2.31 bits per heavy atom. The molecule has 1 aliphatic heterocycles. The molecule has 1 heterocycles. The highest BCUT2D eigenvalue weighted by molar-refractivity contribution is 5.94. The summed E-state index contributed by atoms with van der Waals surface area (Å²) in [7, 11) is 0. The molecular formula is C9H11NO3. The number of carbonyl (C=O) groups excluding carboxylic acids is 1. The van der Waals surface area contributed by atoms with Crippen molar-refractivity contribution >= 4 is 11.9 Å². The Morgan fingerprint density at radius 1 is 1.54 bits per heavy atom. The van der Waals surface area contributed by atoms with Crippen molar-refractivity contribution in [3.05, 3.63) is 0 Å². The molecule has 4 atom stereocenters. The Hall–Kier alpha value is -1.06. The first-order valence-corrected chi connectivity index (χ1v) is 4.69. The van der Waals surface area contributed by atoms with Crippen molar-refractivity contribution in [3.8, 4) is 0 Å². The third-order valence-corrected chi connectivity index (χ3v) is 3.97. The zero-order valence-corrected chi connectivity index (χ0v) is 7.12. The van der Waals surface area contributed by atoms with Crippen molar-refractivity contribution < 1.29 is 14.7 Å². The van der Waals surface area contributed by atoms with Gasteiger partial charge < -0.3 is 10.4 Å². The molecule has 0 aromatic heterocycles. The van der Waals surface area contributed by atoms with Crippen LogP contribution < -0.4 is 5.32 Å². The summed E-state index contributed by atoms with van der Waals surface area (Å²) in [5, 5.41) is 11.8. The molecule has 1 saturated heterocycles. The maximum atomic E-state index is 11.4. The smallest absolute Gasteiger partial charge is 0.329 e. The molecule has 0 radical (unpaired) electrons. The number of carboxylic acids is 1. The third kappa shape index (κ3) is 0.641. The van der Waals surface area contributed by atoms with Crippen LogP contribution in [0.3, 0.4) is 0 Å². The van der Waals surface area contributed by atoms with Gasteiger partial charge in [-0.1, -0.05) is 0 Å². The maximum Gasteiger partial charge on any atom is 0.329 e. The summed E-state index contributed by atoms with van der Waals surface area (Å²) < 4.78 is 0. The van der Waals surface area contributed by atoms with Crippen LogP contribution in [0.2, 0.25) is 0 Å². The van der Waals surface area contributed by atoms with Gasteiger partial charge in [0.25, 0.3) is 0 Å². The molecule has 3 aliphatic rings. The molecule has 3 fully saturated rings. The number of nitrogens with one attached hydrogen (secondary N) is 1. The molecule has 0 spiro atoms. The zero-order valence-electron chi connectivity index (χ0n) is 7.12. The molecule has 2 aliphatic carbocycles. The summed E-state index contributed by atoms with van der Waals surface area (Å²) >= 11 is 0. The molecule has 4 nitrogen and oxygen atoms in total. The molecule has 1 amide bonds. The van der Waals surface area contributed by atoms with Gasteiger partial charge in [-0.25, -0.2) is 4.79 Å². The van der Waals surface area contributed by atoms with Crippen LogP contribution in [0.25, 0.3) is 0 Å². The van der Waals surface area contributed by atoms with E-state index in [4.69, 9.17) is 5.11 Å². The molecule has 3 rings (SSSR count). The summed E-state index contributed by atoms with van der Waals surface area (Å²) in [5.74, 6) is -0.342. The van der Waals surface area contributed by atoms with E-state index in [1.807, 2.05) is 0 Å². The SMILES string of the molecule is O=C1N[C@]2(C(=O)O)C[C@H]3C[C@H]1[C@H]2C3. The van der Waals surface area contributed by atoms with Gasteiger partial charge in [-0.05, 0) is 25.2 Å². The van der Waals surface area contributed by atoms with E-state index < -0.39 is 11.5 Å². The zero-order chi connectivity index (χ0) is 9.22. The molecular weight excluding hydrogens is 170 g/mol. The Kier molecular flexibility index (Phi) is 1.07. The van der Waals surface area contributed by atoms with E-state index in [2.05, 4.69) is 5.32 Å². The van der Waals surface area contributed by atoms with E-state index in [-0.39, 0.29) is 17.7 Å². The predicted octanol–water partition coefficient (Wildman–Crippen LogP) is -0.0143. The minimum absolute atomic E-state index is 0.00477. The van der Waals surface area contributed by atoms with Crippen molar-refractivity contribution in [2.75, 3.05) is 0 Å². The molecule has 0 unspecified atom stereocenters. The standard InChI is InChI=1S/C9H11NO3/c11-7-5-1-4-2-6(5)9(3-4,10-7)8(12)13/h4-6H,1-3H2,(H,10,11)(H,12,13)/t4-,5-,6+,9+/m0/s1. The predicted molar refractivity (Wildman–Crippen MR) is 42.8 cm³/mol. The first-order chi connectivity index (χ1) is 6.13. The summed E-state index contributed by atoms with van der Waals surface area (Å²) in [6, 6.07) is 0. The lowest BCUT2D eigenvalue weighted by atomic mass is 9.79. The number of carbonyl (C=O) groups is 2. The lowest BCUT2D eigenvalue weighted by Gasteiger charge is -2.27. The number of hydrogen-bond acceptors (Lipinski definition) is 2. The molecule has 0 aromatic rings. The molecule has 2 saturated carbocycles. The van der Waals surface area contributed by atoms with Gasteiger partial charge in [0.2, 0.25) is 5.91 Å². The van der Waals surface area contributed by atoms with Gasteiger partial charge in [0, 0.05) is 11.8 Å². The fourth-order valence-corrected chi connectivity index (χ4v) is 3.51. The normalized spacial score (nSPS) is 51.1. The molecule has 0 aromatic carbocycles. The minimum Gasteiger partial charge on any atom is -0.479 e. The van der Waals surface area contributed by atoms with Crippen LogP contribution in [0.4, 0.5) is 0 Å². The summed E-state index contributed by atoms with van der Waals surface area (Å²) in [5.41, 5.74) is -0.884. The Morgan fingerprint density at radius 3 is 2.85 bits per heavy atom. The Bertz CT molecular complexity index is 312. The van der Waals surface area contributed by atoms with Gasteiger partial charge in [0.05, 0.1) is 0 Å². The fourth-order valence-electron chi connectivity index (χ4n) is 3.51. The monoisotopic (exact) mass is 181 g/mol. The first-order valence-electron chi connectivity index (χ1n) is 4.69. The maximum absolute atomic E-state index is 11.4. The van der Waals surface area contributed by atoms with E-state index in [0.717, 1.165) is 12.8 Å². The molecule has 70 valence electrons. The number of hydrogen-bond donors (Lipinski definition) is 2. The molecule has 4 heteroatoms.